The molecule has 2 saturated heterocycles. The number of carbonyl (C=O) groups is 1. The number of amides is 1. The number of aromatic nitrogens is 4. The zero-order valence-corrected chi connectivity index (χ0v) is 22.8. The van der Waals surface area contributed by atoms with Crippen LogP contribution in [0.25, 0.3) is 10.3 Å². The molecule has 0 radical (unpaired) electrons. The first-order valence-electron chi connectivity index (χ1n) is 13.1. The van der Waals surface area contributed by atoms with Crippen LogP contribution in [-0.4, -0.2) is 107 Å². The molecule has 1 unspecified atom stereocenters. The number of anilines is 3. The maximum Gasteiger partial charge on any atom is 0.246 e. The number of hydrogen-bond acceptors (Lipinski definition) is 11. The van der Waals surface area contributed by atoms with Crippen molar-refractivity contribution >= 4 is 44.5 Å². The fourth-order valence-electron chi connectivity index (χ4n) is 4.58. The van der Waals surface area contributed by atoms with Gasteiger partial charge in [0.15, 0.2) is 5.13 Å². The molecule has 2 fully saturated rings. The van der Waals surface area contributed by atoms with Crippen LogP contribution in [0.2, 0.25) is 0 Å². The number of piperidine rings is 1. The number of likely N-dealkylation sites (N-methyl/N-ethyl adjacent to an activating group) is 1. The normalized spacial score (nSPS) is 18.9. The second kappa shape index (κ2) is 12.6. The van der Waals surface area contributed by atoms with Crippen molar-refractivity contribution in [2.24, 2.45) is 0 Å². The van der Waals surface area contributed by atoms with E-state index in [1.807, 2.05) is 48.2 Å². The molecule has 1 atom stereocenters. The van der Waals surface area contributed by atoms with Crippen molar-refractivity contribution < 1.29 is 9.53 Å². The van der Waals surface area contributed by atoms with E-state index in [0.717, 1.165) is 73.4 Å². The summed E-state index contributed by atoms with van der Waals surface area (Å²) in [5.41, 5.74) is 1.77. The smallest absolute Gasteiger partial charge is 0.246 e. The fraction of sp³-hybridized carbons (Fsp3) is 0.500. The largest absolute Gasteiger partial charge is 0.379 e. The number of pyridine rings is 1. The van der Waals surface area contributed by atoms with Crippen LogP contribution in [0.3, 0.4) is 0 Å². The highest BCUT2D eigenvalue weighted by molar-refractivity contribution is 7.21. The highest BCUT2D eigenvalue weighted by atomic mass is 32.1. The summed E-state index contributed by atoms with van der Waals surface area (Å²) in [5, 5.41) is 7.61. The number of fused-ring (bicyclic) bond motifs is 1. The second-order valence-electron chi connectivity index (χ2n) is 9.86. The van der Waals surface area contributed by atoms with E-state index in [2.05, 4.69) is 25.5 Å². The van der Waals surface area contributed by atoms with E-state index < -0.39 is 0 Å². The van der Waals surface area contributed by atoms with Gasteiger partial charge in [-0.15, -0.1) is 0 Å². The van der Waals surface area contributed by atoms with Gasteiger partial charge in [0.1, 0.15) is 16.2 Å². The average Bonchev–Trinajstić information content (AvgIpc) is 3.31. The molecular formula is C26H35N9O2S. The third-order valence-corrected chi connectivity index (χ3v) is 7.36. The zero-order valence-electron chi connectivity index (χ0n) is 22.0. The standard InChI is InChI=1S/C26H35N9O2S/c1-33(2)10-5-8-23(36)35-11-4-6-19(18-35)28-25-29-20(17-34-12-14-37-15-13-34)16-22(31-25)32-26-30-21-7-3-9-27-24(21)38-26/h3,5,7-9,16,19H,4,6,10-15,17-18H2,1-2H3,(H2,28,29,30,31,32)/b8-5+. The average molecular weight is 538 g/mol. The summed E-state index contributed by atoms with van der Waals surface area (Å²) in [6, 6.07) is 5.89. The summed E-state index contributed by atoms with van der Waals surface area (Å²) in [4.78, 5) is 38.5. The molecule has 5 rings (SSSR count). The van der Waals surface area contributed by atoms with Crippen LogP contribution in [-0.2, 0) is 16.1 Å². The van der Waals surface area contributed by atoms with Crippen LogP contribution in [0.15, 0.2) is 36.5 Å². The predicted molar refractivity (Wildman–Crippen MR) is 150 cm³/mol. The lowest BCUT2D eigenvalue weighted by molar-refractivity contribution is -0.127. The first-order valence-corrected chi connectivity index (χ1v) is 13.9. The molecule has 0 bridgehead atoms. The molecule has 0 aliphatic carbocycles. The van der Waals surface area contributed by atoms with E-state index in [4.69, 9.17) is 14.7 Å². The van der Waals surface area contributed by atoms with Crippen LogP contribution in [0.1, 0.15) is 18.5 Å². The number of likely N-dealkylation sites (tertiary alicyclic amines) is 1. The Morgan fingerprint density at radius 2 is 2.11 bits per heavy atom. The van der Waals surface area contributed by atoms with E-state index in [-0.39, 0.29) is 11.9 Å². The quantitative estimate of drug-likeness (QED) is 0.395. The number of carbonyl (C=O) groups excluding carboxylic acids is 1. The van der Waals surface area contributed by atoms with Gasteiger partial charge >= 0.3 is 0 Å². The molecule has 0 spiro atoms. The van der Waals surface area contributed by atoms with Gasteiger partial charge in [0.2, 0.25) is 11.9 Å². The van der Waals surface area contributed by atoms with Gasteiger partial charge in [-0.2, -0.15) is 4.98 Å². The number of morpholine rings is 1. The molecule has 1 amide bonds. The minimum absolute atomic E-state index is 0.0483. The number of nitrogens with zero attached hydrogens (tertiary/aromatic N) is 7. The van der Waals surface area contributed by atoms with Gasteiger partial charge in [0, 0.05) is 63.6 Å². The summed E-state index contributed by atoms with van der Waals surface area (Å²) >= 11 is 1.49. The Labute approximate surface area is 226 Å². The van der Waals surface area contributed by atoms with Crippen LogP contribution in [0.4, 0.5) is 16.9 Å². The topological polar surface area (TPSA) is 112 Å². The number of thiazole rings is 1. The van der Waals surface area contributed by atoms with Gasteiger partial charge in [0.25, 0.3) is 0 Å². The molecule has 202 valence electrons. The number of hydrogen-bond donors (Lipinski definition) is 2. The Hall–Kier alpha value is -3.19. The van der Waals surface area contributed by atoms with Crippen LogP contribution in [0.5, 0.6) is 0 Å². The van der Waals surface area contributed by atoms with E-state index in [9.17, 15) is 4.79 Å². The fourth-order valence-corrected chi connectivity index (χ4v) is 5.39. The van der Waals surface area contributed by atoms with Crippen LogP contribution >= 0.6 is 11.3 Å². The third kappa shape index (κ3) is 7.22. The Bertz CT molecular complexity index is 1230. The molecular weight excluding hydrogens is 502 g/mol. The molecule has 5 heterocycles. The lowest BCUT2D eigenvalue weighted by Crippen LogP contribution is -2.44. The van der Waals surface area contributed by atoms with Gasteiger partial charge in [-0.25, -0.2) is 15.0 Å². The number of nitrogens with one attached hydrogen (secondary N) is 2. The first-order chi connectivity index (χ1) is 18.5. The third-order valence-electron chi connectivity index (χ3n) is 6.47. The second-order valence-corrected chi connectivity index (χ2v) is 10.8. The van der Waals surface area contributed by atoms with Crippen LogP contribution in [0, 0.1) is 0 Å². The van der Waals surface area contributed by atoms with Crippen molar-refractivity contribution in [2.45, 2.75) is 25.4 Å². The maximum atomic E-state index is 12.7. The summed E-state index contributed by atoms with van der Waals surface area (Å²) in [5.74, 6) is 1.28. The van der Waals surface area contributed by atoms with E-state index in [1.54, 1.807) is 12.3 Å². The number of ether oxygens (including phenoxy) is 1. The van der Waals surface area contributed by atoms with E-state index in [1.165, 1.54) is 11.3 Å². The monoisotopic (exact) mass is 537 g/mol. The summed E-state index contributed by atoms with van der Waals surface area (Å²) in [6.07, 6.45) is 7.24. The molecule has 0 aromatic carbocycles. The van der Waals surface area contributed by atoms with Crippen LogP contribution < -0.4 is 10.6 Å². The van der Waals surface area contributed by atoms with Crippen molar-refractivity contribution in [3.63, 3.8) is 0 Å². The summed E-state index contributed by atoms with van der Waals surface area (Å²) in [7, 11) is 3.97. The lowest BCUT2D eigenvalue weighted by atomic mass is 10.1. The maximum absolute atomic E-state index is 12.7. The van der Waals surface area contributed by atoms with Crippen molar-refractivity contribution in [2.75, 3.05) is 70.7 Å². The zero-order chi connectivity index (χ0) is 26.3. The van der Waals surface area contributed by atoms with E-state index in [0.29, 0.717) is 24.9 Å². The number of rotatable bonds is 9. The summed E-state index contributed by atoms with van der Waals surface area (Å²) in [6.45, 7) is 6.05. The van der Waals surface area contributed by atoms with Gasteiger partial charge in [-0.1, -0.05) is 17.4 Å². The first kappa shape index (κ1) is 26.4. The molecule has 11 nitrogen and oxygen atoms in total. The molecule has 2 aliphatic rings. The minimum Gasteiger partial charge on any atom is -0.379 e. The molecule has 2 aliphatic heterocycles. The Morgan fingerprint density at radius 3 is 2.92 bits per heavy atom. The van der Waals surface area contributed by atoms with Crippen molar-refractivity contribution in [3.8, 4) is 0 Å². The van der Waals surface area contributed by atoms with Crippen molar-refractivity contribution in [1.29, 1.82) is 0 Å². The van der Waals surface area contributed by atoms with E-state index >= 15 is 0 Å². The molecule has 3 aromatic rings. The molecule has 38 heavy (non-hydrogen) atoms. The molecule has 3 aromatic heterocycles. The Kier molecular flexibility index (Phi) is 8.74. The van der Waals surface area contributed by atoms with Gasteiger partial charge in [-0.05, 0) is 39.1 Å². The highest BCUT2D eigenvalue weighted by Gasteiger charge is 2.23. The molecule has 0 saturated carbocycles. The van der Waals surface area contributed by atoms with Crippen molar-refractivity contribution in [3.05, 3.63) is 42.2 Å². The lowest BCUT2D eigenvalue weighted by Gasteiger charge is -2.32. The van der Waals surface area contributed by atoms with Gasteiger partial charge in [0.05, 0.1) is 18.9 Å². The van der Waals surface area contributed by atoms with Gasteiger partial charge < -0.3 is 25.2 Å². The minimum atomic E-state index is 0.0483. The van der Waals surface area contributed by atoms with Crippen molar-refractivity contribution in [1.82, 2.24) is 34.6 Å². The Balaban J connectivity index is 1.31. The Morgan fingerprint density at radius 1 is 1.24 bits per heavy atom. The molecule has 12 heteroatoms. The SMILES string of the molecule is CN(C)C/C=C/C(=O)N1CCCC(Nc2nc(CN3CCOCC3)cc(Nc3nc4cccnc4s3)n2)C1. The summed E-state index contributed by atoms with van der Waals surface area (Å²) < 4.78 is 5.51. The highest BCUT2D eigenvalue weighted by Crippen LogP contribution is 2.27. The van der Waals surface area contributed by atoms with Gasteiger partial charge in [-0.3, -0.25) is 9.69 Å². The predicted octanol–water partition coefficient (Wildman–Crippen LogP) is 2.58. The molecule has 2 N–H and O–H groups in total.